The van der Waals surface area contributed by atoms with Crippen molar-refractivity contribution in [3.63, 3.8) is 0 Å². The Bertz CT molecular complexity index is 618. The van der Waals surface area contributed by atoms with Gasteiger partial charge in [0.05, 0.1) is 8.66 Å². The highest BCUT2D eigenvalue weighted by molar-refractivity contribution is 9.11. The van der Waals surface area contributed by atoms with Crippen molar-refractivity contribution in [2.75, 3.05) is 18.0 Å². The van der Waals surface area contributed by atoms with E-state index < -0.39 is 0 Å². The van der Waals surface area contributed by atoms with Crippen molar-refractivity contribution in [1.82, 2.24) is 15.3 Å². The minimum atomic E-state index is -0.00784. The summed E-state index contributed by atoms with van der Waals surface area (Å²) in [7, 11) is 0. The minimum Gasteiger partial charge on any atom is -0.347 e. The summed E-state index contributed by atoms with van der Waals surface area (Å²) in [6.45, 7) is 1.68. The zero-order chi connectivity index (χ0) is 14.7. The van der Waals surface area contributed by atoms with Crippen LogP contribution in [0.15, 0.2) is 34.4 Å². The number of piperidine rings is 1. The van der Waals surface area contributed by atoms with Gasteiger partial charge in [0.15, 0.2) is 0 Å². The third-order valence-corrected chi connectivity index (χ3v) is 5.01. The van der Waals surface area contributed by atoms with Crippen molar-refractivity contribution < 1.29 is 4.79 Å². The van der Waals surface area contributed by atoms with Gasteiger partial charge in [-0.3, -0.25) is 4.79 Å². The molecule has 2 aromatic rings. The molecule has 1 amide bonds. The molecule has 1 aliphatic rings. The number of amides is 1. The second-order valence-electron chi connectivity index (χ2n) is 4.91. The number of nitrogens with one attached hydrogen (secondary N) is 1. The lowest BCUT2D eigenvalue weighted by Crippen LogP contribution is -2.48. The summed E-state index contributed by atoms with van der Waals surface area (Å²) in [5.74, 6) is 0.724. The Morgan fingerprint density at radius 1 is 1.38 bits per heavy atom. The molecule has 3 heterocycles. The number of thiophene rings is 1. The maximum atomic E-state index is 12.2. The molecule has 3 rings (SSSR count). The van der Waals surface area contributed by atoms with Crippen molar-refractivity contribution >= 4 is 39.1 Å². The number of aromatic nitrogens is 2. The highest BCUT2D eigenvalue weighted by Crippen LogP contribution is 2.22. The van der Waals surface area contributed by atoms with Gasteiger partial charge < -0.3 is 10.2 Å². The molecule has 0 aromatic carbocycles. The van der Waals surface area contributed by atoms with Crippen LogP contribution >= 0.6 is 27.3 Å². The minimum absolute atomic E-state index is 0.00784. The molecular weight excluding hydrogens is 352 g/mol. The first-order valence-electron chi connectivity index (χ1n) is 6.80. The summed E-state index contributed by atoms with van der Waals surface area (Å²) < 4.78 is 0.968. The molecule has 0 radical (unpaired) electrons. The zero-order valence-corrected chi connectivity index (χ0v) is 13.7. The standard InChI is InChI=1S/C14H15BrN4OS/c15-12-5-4-11(21-12)13(20)18-10-3-1-8-19(9-10)14-16-6-2-7-17-14/h2,4-7,10H,1,3,8-9H2,(H,18,20). The van der Waals surface area contributed by atoms with Crippen LogP contribution in [0.1, 0.15) is 22.5 Å². The van der Waals surface area contributed by atoms with Crippen LogP contribution in [0, 0.1) is 0 Å². The molecule has 1 aliphatic heterocycles. The average Bonchev–Trinajstić information content (AvgIpc) is 2.95. The molecule has 1 saturated heterocycles. The molecule has 1 unspecified atom stereocenters. The lowest BCUT2D eigenvalue weighted by atomic mass is 10.1. The maximum Gasteiger partial charge on any atom is 0.261 e. The van der Waals surface area contributed by atoms with Gasteiger partial charge in [-0.1, -0.05) is 0 Å². The molecule has 0 aliphatic carbocycles. The first kappa shape index (κ1) is 14.5. The number of rotatable bonds is 3. The second kappa shape index (κ2) is 6.53. The smallest absolute Gasteiger partial charge is 0.261 e. The molecular formula is C14H15BrN4OS. The van der Waals surface area contributed by atoms with Crippen molar-refractivity contribution in [2.45, 2.75) is 18.9 Å². The fourth-order valence-electron chi connectivity index (χ4n) is 2.42. The molecule has 1 fully saturated rings. The van der Waals surface area contributed by atoms with Gasteiger partial charge in [-0.05, 0) is 47.0 Å². The van der Waals surface area contributed by atoms with Gasteiger partial charge in [-0.2, -0.15) is 0 Å². The van der Waals surface area contributed by atoms with Crippen LogP contribution in [0.2, 0.25) is 0 Å². The molecule has 0 saturated carbocycles. The highest BCUT2D eigenvalue weighted by Gasteiger charge is 2.23. The molecule has 5 nitrogen and oxygen atoms in total. The molecule has 2 aromatic heterocycles. The van der Waals surface area contributed by atoms with Crippen LogP contribution < -0.4 is 10.2 Å². The fourth-order valence-corrected chi connectivity index (χ4v) is 3.71. The number of nitrogens with zero attached hydrogens (tertiary/aromatic N) is 3. The van der Waals surface area contributed by atoms with E-state index in [1.165, 1.54) is 11.3 Å². The van der Waals surface area contributed by atoms with Crippen LogP contribution in [0.3, 0.4) is 0 Å². The third-order valence-electron chi connectivity index (χ3n) is 3.39. The van der Waals surface area contributed by atoms with E-state index >= 15 is 0 Å². The Morgan fingerprint density at radius 2 is 2.19 bits per heavy atom. The molecule has 7 heteroatoms. The van der Waals surface area contributed by atoms with Crippen molar-refractivity contribution in [3.8, 4) is 0 Å². The van der Waals surface area contributed by atoms with E-state index in [9.17, 15) is 4.79 Å². The molecule has 0 spiro atoms. The van der Waals surface area contributed by atoms with E-state index in [2.05, 4.69) is 36.1 Å². The van der Waals surface area contributed by atoms with E-state index in [1.54, 1.807) is 18.5 Å². The Labute approximate surface area is 135 Å². The van der Waals surface area contributed by atoms with Crippen LogP contribution in [0.25, 0.3) is 0 Å². The van der Waals surface area contributed by atoms with Crippen LogP contribution in [-0.2, 0) is 0 Å². The fraction of sp³-hybridized carbons (Fsp3) is 0.357. The Kier molecular flexibility index (Phi) is 4.50. The molecule has 1 N–H and O–H groups in total. The van der Waals surface area contributed by atoms with E-state index in [0.29, 0.717) is 0 Å². The van der Waals surface area contributed by atoms with Gasteiger partial charge in [0.2, 0.25) is 5.95 Å². The summed E-state index contributed by atoms with van der Waals surface area (Å²) in [5.41, 5.74) is 0. The van der Waals surface area contributed by atoms with Crippen molar-refractivity contribution in [2.24, 2.45) is 0 Å². The van der Waals surface area contributed by atoms with Gasteiger partial charge in [0, 0.05) is 31.5 Å². The Morgan fingerprint density at radius 3 is 2.90 bits per heavy atom. The molecule has 21 heavy (non-hydrogen) atoms. The largest absolute Gasteiger partial charge is 0.347 e. The molecule has 1 atom stereocenters. The van der Waals surface area contributed by atoms with Crippen LogP contribution in [-0.4, -0.2) is 35.0 Å². The van der Waals surface area contributed by atoms with Gasteiger partial charge >= 0.3 is 0 Å². The van der Waals surface area contributed by atoms with E-state index in [-0.39, 0.29) is 11.9 Å². The quantitative estimate of drug-likeness (QED) is 0.906. The lowest BCUT2D eigenvalue weighted by Gasteiger charge is -2.32. The number of hydrogen-bond donors (Lipinski definition) is 1. The number of anilines is 1. The summed E-state index contributed by atoms with van der Waals surface area (Å²) >= 11 is 4.83. The van der Waals surface area contributed by atoms with Gasteiger partial charge in [-0.15, -0.1) is 11.3 Å². The summed E-state index contributed by atoms with van der Waals surface area (Å²) in [6, 6.07) is 5.67. The first-order chi connectivity index (χ1) is 10.2. The first-order valence-corrected chi connectivity index (χ1v) is 8.41. The normalized spacial score (nSPS) is 18.5. The number of carbonyl (C=O) groups excluding carboxylic acids is 1. The number of carbonyl (C=O) groups is 1. The monoisotopic (exact) mass is 366 g/mol. The van der Waals surface area contributed by atoms with E-state index in [0.717, 1.165) is 40.5 Å². The molecule has 110 valence electrons. The zero-order valence-electron chi connectivity index (χ0n) is 11.3. The summed E-state index contributed by atoms with van der Waals surface area (Å²) in [5, 5.41) is 3.10. The van der Waals surface area contributed by atoms with E-state index in [4.69, 9.17) is 0 Å². The SMILES string of the molecule is O=C(NC1CCCN(c2ncccn2)C1)c1ccc(Br)s1. The topological polar surface area (TPSA) is 58.1 Å². The van der Waals surface area contributed by atoms with Crippen LogP contribution in [0.5, 0.6) is 0 Å². The van der Waals surface area contributed by atoms with Gasteiger partial charge in [0.1, 0.15) is 0 Å². The second-order valence-corrected chi connectivity index (χ2v) is 7.37. The van der Waals surface area contributed by atoms with E-state index in [1.807, 2.05) is 12.1 Å². The summed E-state index contributed by atoms with van der Waals surface area (Å²) in [4.78, 5) is 23.6. The lowest BCUT2D eigenvalue weighted by molar-refractivity contribution is 0.0937. The van der Waals surface area contributed by atoms with Gasteiger partial charge in [-0.25, -0.2) is 9.97 Å². The van der Waals surface area contributed by atoms with Gasteiger partial charge in [0.25, 0.3) is 5.91 Å². The predicted octanol–water partition coefficient (Wildman–Crippen LogP) is 2.70. The summed E-state index contributed by atoms with van der Waals surface area (Å²) in [6.07, 6.45) is 5.50. The predicted molar refractivity (Wildman–Crippen MR) is 86.8 cm³/mol. The third kappa shape index (κ3) is 3.59. The number of halogens is 1. The van der Waals surface area contributed by atoms with Crippen molar-refractivity contribution in [3.05, 3.63) is 39.3 Å². The Balaban J connectivity index is 1.62. The average molecular weight is 367 g/mol. The number of hydrogen-bond acceptors (Lipinski definition) is 5. The van der Waals surface area contributed by atoms with Crippen LogP contribution in [0.4, 0.5) is 5.95 Å². The highest BCUT2D eigenvalue weighted by atomic mass is 79.9. The Hall–Kier alpha value is -1.47. The van der Waals surface area contributed by atoms with Crippen molar-refractivity contribution in [1.29, 1.82) is 0 Å². The maximum absolute atomic E-state index is 12.2. The molecule has 0 bridgehead atoms.